The number of carbonyl (C=O) groups excluding carboxylic acids is 1. The van der Waals surface area contributed by atoms with Crippen LogP contribution in [0.15, 0.2) is 10.9 Å². The number of aryl methyl sites for hydroxylation is 1. The molecule has 0 bridgehead atoms. The molecule has 17 heavy (non-hydrogen) atoms. The highest BCUT2D eigenvalue weighted by atomic mass is 35.5. The van der Waals surface area contributed by atoms with E-state index in [0.717, 1.165) is 37.9 Å². The Morgan fingerprint density at radius 2 is 2.24 bits per heavy atom. The number of aromatic nitrogens is 1. The van der Waals surface area contributed by atoms with E-state index in [0.29, 0.717) is 5.56 Å². The second kappa shape index (κ2) is 5.05. The maximum atomic E-state index is 12.2. The van der Waals surface area contributed by atoms with Gasteiger partial charge in [-0.1, -0.05) is 6.92 Å². The molecule has 0 atom stereocenters. The van der Waals surface area contributed by atoms with Crippen molar-refractivity contribution in [3.63, 3.8) is 0 Å². The summed E-state index contributed by atoms with van der Waals surface area (Å²) in [6.45, 7) is 2.78. The summed E-state index contributed by atoms with van der Waals surface area (Å²) in [5.74, 6) is 0. The van der Waals surface area contributed by atoms with Gasteiger partial charge in [0.15, 0.2) is 0 Å². The topological polar surface area (TPSA) is 39.1 Å². The average molecular weight is 254 g/mol. The van der Waals surface area contributed by atoms with Gasteiger partial charge in [0.25, 0.3) is 5.56 Å². The van der Waals surface area contributed by atoms with Crippen LogP contribution in [0.4, 0.5) is 0 Å². The molecule has 0 amide bonds. The third-order valence-corrected chi connectivity index (χ3v) is 3.33. The summed E-state index contributed by atoms with van der Waals surface area (Å²) in [7, 11) is 0. The van der Waals surface area contributed by atoms with Crippen LogP contribution in [0.3, 0.4) is 0 Å². The zero-order valence-corrected chi connectivity index (χ0v) is 10.7. The maximum Gasteiger partial charge on any atom is 0.254 e. The Bertz CT molecular complexity index is 505. The third-order valence-electron chi connectivity index (χ3n) is 3.20. The van der Waals surface area contributed by atoms with Gasteiger partial charge < -0.3 is 4.57 Å². The predicted octanol–water partition coefficient (Wildman–Crippen LogP) is 2.05. The zero-order valence-electron chi connectivity index (χ0n) is 9.96. The minimum absolute atomic E-state index is 0.0391. The molecule has 4 heteroatoms. The number of fused-ring (bicyclic) bond motifs is 1. The standard InChI is InChI=1S/C13H16ClNO2/c1-2-6-15-11-5-3-4-9(11)7-10(13(15)17)8-12(14)16/h7H,2-6,8H2,1H3. The largest absolute Gasteiger partial charge is 0.312 e. The minimum atomic E-state index is -0.469. The molecule has 1 heterocycles. The van der Waals surface area contributed by atoms with E-state index >= 15 is 0 Å². The van der Waals surface area contributed by atoms with E-state index in [2.05, 4.69) is 0 Å². The van der Waals surface area contributed by atoms with Crippen LogP contribution in [0.1, 0.15) is 36.6 Å². The van der Waals surface area contributed by atoms with Gasteiger partial charge in [0.05, 0.1) is 6.42 Å². The molecule has 0 radical (unpaired) electrons. The number of hydrogen-bond acceptors (Lipinski definition) is 2. The van der Waals surface area contributed by atoms with E-state index in [-0.39, 0.29) is 12.0 Å². The summed E-state index contributed by atoms with van der Waals surface area (Å²) < 4.78 is 1.83. The number of rotatable bonds is 4. The Balaban J connectivity index is 2.52. The van der Waals surface area contributed by atoms with Crippen molar-refractivity contribution in [2.24, 2.45) is 0 Å². The van der Waals surface area contributed by atoms with Crippen LogP contribution >= 0.6 is 11.6 Å². The Kier molecular flexibility index (Phi) is 3.67. The summed E-state index contributed by atoms with van der Waals surface area (Å²) >= 11 is 5.38. The lowest BCUT2D eigenvalue weighted by atomic mass is 10.1. The van der Waals surface area contributed by atoms with Gasteiger partial charge in [0.2, 0.25) is 5.24 Å². The highest BCUT2D eigenvalue weighted by Crippen LogP contribution is 2.21. The summed E-state index contributed by atoms with van der Waals surface area (Å²) in [5.41, 5.74) is 2.87. The molecular formula is C13H16ClNO2. The van der Waals surface area contributed by atoms with Crippen LogP contribution in [-0.2, 0) is 30.6 Å². The van der Waals surface area contributed by atoms with Crippen LogP contribution in [0, 0.1) is 0 Å². The SMILES string of the molecule is CCCn1c2c(cc(CC(=O)Cl)c1=O)CCC2. The molecular weight excluding hydrogens is 238 g/mol. The molecule has 0 fully saturated rings. The smallest absolute Gasteiger partial charge is 0.254 e. The van der Waals surface area contributed by atoms with E-state index < -0.39 is 5.24 Å². The second-order valence-electron chi connectivity index (χ2n) is 4.48. The van der Waals surface area contributed by atoms with Crippen molar-refractivity contribution >= 4 is 16.8 Å². The van der Waals surface area contributed by atoms with Crippen LogP contribution in [0.2, 0.25) is 0 Å². The molecule has 3 nitrogen and oxygen atoms in total. The van der Waals surface area contributed by atoms with Gasteiger partial charge in [-0.25, -0.2) is 0 Å². The van der Waals surface area contributed by atoms with E-state index in [9.17, 15) is 9.59 Å². The number of pyridine rings is 1. The summed E-state index contributed by atoms with van der Waals surface area (Å²) in [6, 6.07) is 1.87. The Morgan fingerprint density at radius 1 is 1.47 bits per heavy atom. The molecule has 2 rings (SSSR count). The normalized spacial score (nSPS) is 13.8. The van der Waals surface area contributed by atoms with Crippen LogP contribution in [0.25, 0.3) is 0 Å². The van der Waals surface area contributed by atoms with E-state index in [1.165, 1.54) is 5.56 Å². The van der Waals surface area contributed by atoms with Crippen molar-refractivity contribution in [3.05, 3.63) is 33.2 Å². The van der Waals surface area contributed by atoms with Crippen molar-refractivity contribution in [2.45, 2.75) is 45.6 Å². The van der Waals surface area contributed by atoms with Gasteiger partial charge >= 0.3 is 0 Å². The van der Waals surface area contributed by atoms with Crippen molar-refractivity contribution in [2.75, 3.05) is 0 Å². The number of carbonyl (C=O) groups is 1. The monoisotopic (exact) mass is 253 g/mol. The molecule has 1 aliphatic carbocycles. The maximum absolute atomic E-state index is 12.2. The first-order valence-corrected chi connectivity index (χ1v) is 6.44. The fraction of sp³-hybridized carbons (Fsp3) is 0.538. The fourth-order valence-electron chi connectivity index (χ4n) is 2.52. The van der Waals surface area contributed by atoms with Gasteiger partial charge in [0.1, 0.15) is 0 Å². The lowest BCUT2D eigenvalue weighted by Gasteiger charge is -2.13. The highest BCUT2D eigenvalue weighted by Gasteiger charge is 2.19. The molecule has 0 N–H and O–H groups in total. The molecule has 0 saturated heterocycles. The number of nitrogens with zero attached hydrogens (tertiary/aromatic N) is 1. The molecule has 1 aliphatic rings. The first-order valence-electron chi connectivity index (χ1n) is 6.06. The van der Waals surface area contributed by atoms with E-state index in [1.54, 1.807) is 0 Å². The average Bonchev–Trinajstić information content (AvgIpc) is 2.71. The molecule has 0 aliphatic heterocycles. The van der Waals surface area contributed by atoms with Gasteiger partial charge in [0, 0.05) is 17.8 Å². The molecule has 0 saturated carbocycles. The molecule has 0 spiro atoms. The summed E-state index contributed by atoms with van der Waals surface area (Å²) in [4.78, 5) is 23.2. The van der Waals surface area contributed by atoms with Crippen molar-refractivity contribution in [1.82, 2.24) is 4.57 Å². The second-order valence-corrected chi connectivity index (χ2v) is 4.91. The van der Waals surface area contributed by atoms with Crippen molar-refractivity contribution in [1.29, 1.82) is 0 Å². The summed E-state index contributed by atoms with van der Waals surface area (Å²) in [6.07, 6.45) is 4.03. The van der Waals surface area contributed by atoms with Crippen LogP contribution < -0.4 is 5.56 Å². The third kappa shape index (κ3) is 2.44. The van der Waals surface area contributed by atoms with Gasteiger partial charge in [-0.15, -0.1) is 0 Å². The lowest BCUT2D eigenvalue weighted by molar-refractivity contribution is -0.111. The van der Waals surface area contributed by atoms with Crippen LogP contribution in [-0.4, -0.2) is 9.81 Å². The summed E-state index contributed by atoms with van der Waals surface area (Å²) in [5, 5.41) is -0.469. The first-order chi connectivity index (χ1) is 8.13. The number of halogens is 1. The van der Waals surface area contributed by atoms with Gasteiger partial charge in [-0.2, -0.15) is 0 Å². The first kappa shape index (κ1) is 12.4. The molecule has 1 aromatic heterocycles. The Labute approximate surface area is 105 Å². The van der Waals surface area contributed by atoms with Gasteiger partial charge in [-0.3, -0.25) is 9.59 Å². The molecule has 1 aromatic rings. The van der Waals surface area contributed by atoms with E-state index in [1.807, 2.05) is 17.6 Å². The van der Waals surface area contributed by atoms with Crippen molar-refractivity contribution < 1.29 is 4.79 Å². The van der Waals surface area contributed by atoms with Crippen molar-refractivity contribution in [3.8, 4) is 0 Å². The molecule has 0 aromatic carbocycles. The zero-order chi connectivity index (χ0) is 12.4. The quantitative estimate of drug-likeness (QED) is 0.771. The van der Waals surface area contributed by atoms with Gasteiger partial charge in [-0.05, 0) is 48.9 Å². The minimum Gasteiger partial charge on any atom is -0.312 e. The van der Waals surface area contributed by atoms with E-state index in [4.69, 9.17) is 11.6 Å². The number of hydrogen-bond donors (Lipinski definition) is 0. The Morgan fingerprint density at radius 3 is 2.88 bits per heavy atom. The molecule has 0 unspecified atom stereocenters. The Hall–Kier alpha value is -1.09. The predicted molar refractivity (Wildman–Crippen MR) is 67.6 cm³/mol. The fourth-order valence-corrected chi connectivity index (χ4v) is 2.66. The highest BCUT2D eigenvalue weighted by molar-refractivity contribution is 6.63. The molecule has 92 valence electrons. The lowest BCUT2D eigenvalue weighted by Crippen LogP contribution is -2.27. The van der Waals surface area contributed by atoms with Crippen LogP contribution in [0.5, 0.6) is 0 Å².